The maximum absolute atomic E-state index is 3.88. The van der Waals surface area contributed by atoms with Gasteiger partial charge in [-0.3, -0.25) is 0 Å². The van der Waals surface area contributed by atoms with Gasteiger partial charge < -0.3 is 5.43 Å². The van der Waals surface area contributed by atoms with Gasteiger partial charge in [0.1, 0.15) is 0 Å². The third kappa shape index (κ3) is 2.42. The normalized spacial score (nSPS) is 20.5. The molecule has 2 nitrogen and oxygen atoms in total. The second-order valence-corrected chi connectivity index (χ2v) is 2.46. The third-order valence-corrected chi connectivity index (χ3v) is 1.40. The van der Waals surface area contributed by atoms with Crippen LogP contribution in [0.4, 0.5) is 0 Å². The lowest BCUT2D eigenvalue weighted by Crippen LogP contribution is -2.00. The maximum Gasteiger partial charge on any atom is 0.0595 e. The zero-order chi connectivity index (χ0) is 8.10. The van der Waals surface area contributed by atoms with Crippen LogP contribution in [0.15, 0.2) is 41.1 Å². The molecule has 1 aliphatic rings. The number of hydrogen-bond acceptors (Lipinski definition) is 2. The Morgan fingerprint density at radius 1 is 1.82 bits per heavy atom. The molecule has 58 valence electrons. The van der Waals surface area contributed by atoms with E-state index in [-0.39, 0.29) is 0 Å². The minimum Gasteiger partial charge on any atom is -0.306 e. The predicted molar refractivity (Wildman–Crippen MR) is 48.5 cm³/mol. The first kappa shape index (κ1) is 7.79. The van der Waals surface area contributed by atoms with Gasteiger partial charge in [0.05, 0.1) is 12.8 Å². The van der Waals surface area contributed by atoms with Gasteiger partial charge in [-0.15, -0.1) is 0 Å². The number of hydrazone groups is 1. The van der Waals surface area contributed by atoms with E-state index in [0.717, 1.165) is 6.54 Å². The van der Waals surface area contributed by atoms with E-state index in [4.69, 9.17) is 0 Å². The summed E-state index contributed by atoms with van der Waals surface area (Å²) in [5.74, 6) is 0. The summed E-state index contributed by atoms with van der Waals surface area (Å²) in [5.41, 5.74) is 5.28. The van der Waals surface area contributed by atoms with Gasteiger partial charge in [0.25, 0.3) is 0 Å². The van der Waals surface area contributed by atoms with Crippen molar-refractivity contribution in [2.45, 2.75) is 6.92 Å². The summed E-state index contributed by atoms with van der Waals surface area (Å²) in [6, 6.07) is 0. The predicted octanol–water partition coefficient (Wildman–Crippen LogP) is 1.63. The van der Waals surface area contributed by atoms with Crippen molar-refractivity contribution in [3.63, 3.8) is 0 Å². The van der Waals surface area contributed by atoms with Gasteiger partial charge in [0, 0.05) is 0 Å². The Kier molecular flexibility index (Phi) is 2.66. The maximum atomic E-state index is 3.88. The lowest BCUT2D eigenvalue weighted by Gasteiger charge is -1.91. The van der Waals surface area contributed by atoms with E-state index >= 15 is 0 Å². The van der Waals surface area contributed by atoms with E-state index < -0.39 is 0 Å². The Morgan fingerprint density at radius 2 is 2.64 bits per heavy atom. The number of allylic oxidation sites excluding steroid dienone is 4. The molecule has 0 saturated carbocycles. The number of nitrogens with one attached hydrogen (secondary N) is 1. The molecule has 11 heavy (non-hydrogen) atoms. The van der Waals surface area contributed by atoms with E-state index in [1.54, 1.807) is 6.08 Å². The second-order valence-electron chi connectivity index (χ2n) is 2.46. The van der Waals surface area contributed by atoms with Crippen LogP contribution in [0.1, 0.15) is 6.92 Å². The van der Waals surface area contributed by atoms with Crippen LogP contribution in [0.2, 0.25) is 0 Å². The van der Waals surface area contributed by atoms with Gasteiger partial charge in [0.15, 0.2) is 0 Å². The Bertz CT molecular complexity index is 234. The fourth-order valence-corrected chi connectivity index (χ4v) is 0.926. The molecule has 0 fully saturated rings. The largest absolute Gasteiger partial charge is 0.306 e. The van der Waals surface area contributed by atoms with Crippen molar-refractivity contribution in [2.24, 2.45) is 5.10 Å². The van der Waals surface area contributed by atoms with Crippen LogP contribution in [0, 0.1) is 0 Å². The summed E-state index contributed by atoms with van der Waals surface area (Å²) in [6.45, 7) is 6.50. The third-order valence-electron chi connectivity index (χ3n) is 1.40. The Balaban J connectivity index is 2.63. The van der Waals surface area contributed by atoms with Crippen molar-refractivity contribution in [3.8, 4) is 0 Å². The van der Waals surface area contributed by atoms with Crippen molar-refractivity contribution in [2.75, 3.05) is 6.54 Å². The van der Waals surface area contributed by atoms with Crippen LogP contribution in [-0.2, 0) is 0 Å². The highest BCUT2D eigenvalue weighted by atomic mass is 15.3. The molecule has 0 aromatic rings. The summed E-state index contributed by atoms with van der Waals surface area (Å²) >= 11 is 0. The van der Waals surface area contributed by atoms with Crippen LogP contribution in [0.5, 0.6) is 0 Å². The molecular weight excluding hydrogens is 136 g/mol. The fourth-order valence-electron chi connectivity index (χ4n) is 0.926. The molecule has 0 saturated heterocycles. The average Bonchev–Trinajstić information content (AvgIpc) is 2.40. The highest BCUT2D eigenvalue weighted by molar-refractivity contribution is 5.81. The minimum absolute atomic E-state index is 0.836. The summed E-state index contributed by atoms with van der Waals surface area (Å²) in [6.07, 6.45) is 7.68. The van der Waals surface area contributed by atoms with Crippen LogP contribution in [0.25, 0.3) is 0 Å². The molecule has 0 aromatic heterocycles. The Hall–Kier alpha value is -1.31. The van der Waals surface area contributed by atoms with Gasteiger partial charge in [-0.1, -0.05) is 30.4 Å². The van der Waals surface area contributed by atoms with Crippen molar-refractivity contribution < 1.29 is 0 Å². The average molecular weight is 148 g/mol. The van der Waals surface area contributed by atoms with Crippen LogP contribution < -0.4 is 5.43 Å². The van der Waals surface area contributed by atoms with Gasteiger partial charge in [-0.05, 0) is 12.5 Å². The van der Waals surface area contributed by atoms with Gasteiger partial charge >= 0.3 is 0 Å². The number of nitrogens with zero attached hydrogens (tertiary/aromatic N) is 1. The quantitative estimate of drug-likeness (QED) is 0.591. The van der Waals surface area contributed by atoms with Crippen molar-refractivity contribution >= 4 is 6.21 Å². The van der Waals surface area contributed by atoms with Gasteiger partial charge in [-0.25, -0.2) is 0 Å². The SMILES string of the molecule is C=C/C=C(C)\C=C1\C=NNC1. The zero-order valence-corrected chi connectivity index (χ0v) is 6.67. The molecule has 0 aliphatic carbocycles. The Morgan fingerprint density at radius 3 is 3.18 bits per heavy atom. The van der Waals surface area contributed by atoms with E-state index in [0.29, 0.717) is 0 Å². The number of rotatable bonds is 2. The summed E-state index contributed by atoms with van der Waals surface area (Å²) in [5, 5.41) is 3.88. The molecule has 0 amide bonds. The highest BCUT2D eigenvalue weighted by Crippen LogP contribution is 2.02. The van der Waals surface area contributed by atoms with E-state index in [1.165, 1.54) is 11.1 Å². The van der Waals surface area contributed by atoms with E-state index in [2.05, 4.69) is 23.2 Å². The highest BCUT2D eigenvalue weighted by Gasteiger charge is 1.97. The Labute approximate surface area is 67.0 Å². The van der Waals surface area contributed by atoms with Crippen LogP contribution >= 0.6 is 0 Å². The van der Waals surface area contributed by atoms with Crippen LogP contribution in [0.3, 0.4) is 0 Å². The van der Waals surface area contributed by atoms with Gasteiger partial charge in [0.2, 0.25) is 0 Å². The topological polar surface area (TPSA) is 24.4 Å². The molecule has 2 heteroatoms. The molecule has 0 radical (unpaired) electrons. The smallest absolute Gasteiger partial charge is 0.0595 e. The molecule has 1 aliphatic heterocycles. The second kappa shape index (κ2) is 3.76. The lowest BCUT2D eigenvalue weighted by atomic mass is 10.2. The van der Waals surface area contributed by atoms with Crippen molar-refractivity contribution in [1.29, 1.82) is 0 Å². The fraction of sp³-hybridized carbons (Fsp3) is 0.222. The van der Waals surface area contributed by atoms with Crippen molar-refractivity contribution in [3.05, 3.63) is 36.0 Å². The first-order valence-corrected chi connectivity index (χ1v) is 3.59. The first-order chi connectivity index (χ1) is 5.33. The molecule has 0 spiro atoms. The lowest BCUT2D eigenvalue weighted by molar-refractivity contribution is 0.856. The van der Waals surface area contributed by atoms with E-state index in [1.807, 2.05) is 19.2 Å². The molecule has 1 heterocycles. The monoisotopic (exact) mass is 148 g/mol. The summed E-state index contributed by atoms with van der Waals surface area (Å²) in [4.78, 5) is 0. The first-order valence-electron chi connectivity index (χ1n) is 3.59. The van der Waals surface area contributed by atoms with Crippen molar-refractivity contribution in [1.82, 2.24) is 5.43 Å². The molecular formula is C9H12N2. The molecule has 1 N–H and O–H groups in total. The summed E-state index contributed by atoms with van der Waals surface area (Å²) in [7, 11) is 0. The van der Waals surface area contributed by atoms with Gasteiger partial charge in [-0.2, -0.15) is 5.10 Å². The minimum atomic E-state index is 0.836. The molecule has 1 rings (SSSR count). The molecule has 0 atom stereocenters. The standard InChI is InChI=1S/C9H12N2/c1-3-4-8(2)5-9-6-10-11-7-9/h3-6,11H,1,7H2,2H3/b8-4-,9-5-. The molecule has 0 aromatic carbocycles. The molecule has 0 unspecified atom stereocenters. The van der Waals surface area contributed by atoms with Crippen LogP contribution in [-0.4, -0.2) is 12.8 Å². The molecule has 0 bridgehead atoms. The summed E-state index contributed by atoms with van der Waals surface area (Å²) < 4.78 is 0. The van der Waals surface area contributed by atoms with E-state index in [9.17, 15) is 0 Å². The zero-order valence-electron chi connectivity index (χ0n) is 6.67. The number of hydrogen-bond donors (Lipinski definition) is 1.